The molecule has 0 radical (unpaired) electrons. The van der Waals surface area contributed by atoms with Crippen molar-refractivity contribution in [2.45, 2.75) is 13.8 Å². The molecule has 3 nitrogen and oxygen atoms in total. The van der Waals surface area contributed by atoms with Gasteiger partial charge in [-0.1, -0.05) is 13.8 Å². The second-order valence-electron chi connectivity index (χ2n) is 3.45. The van der Waals surface area contributed by atoms with Crippen LogP contribution in [0.3, 0.4) is 0 Å². The fourth-order valence-electron chi connectivity index (χ4n) is 1.52. The lowest BCUT2D eigenvalue weighted by Gasteiger charge is -2.31. The summed E-state index contributed by atoms with van der Waals surface area (Å²) < 4.78 is 0. The number of hydrogen-bond donors (Lipinski definition) is 0. The zero-order valence-corrected chi connectivity index (χ0v) is 7.94. The second kappa shape index (κ2) is 3.17. The van der Waals surface area contributed by atoms with Gasteiger partial charge in [-0.2, -0.15) is 0 Å². The van der Waals surface area contributed by atoms with E-state index in [0.717, 1.165) is 5.82 Å². The molecule has 0 unspecified atom stereocenters. The fourth-order valence-corrected chi connectivity index (χ4v) is 1.52. The lowest BCUT2D eigenvalue weighted by Crippen LogP contribution is -2.28. The number of aliphatic imine (C=N–C) groups is 2. The molecule has 68 valence electrons. The average molecular weight is 175 g/mol. The smallest absolute Gasteiger partial charge is 0.135 e. The Morgan fingerprint density at radius 3 is 2.92 bits per heavy atom. The van der Waals surface area contributed by atoms with E-state index in [1.807, 2.05) is 18.5 Å². The van der Waals surface area contributed by atoms with Crippen LogP contribution < -0.4 is 0 Å². The average Bonchev–Trinajstić information content (AvgIpc) is 2.17. The Balaban J connectivity index is 2.32. The van der Waals surface area contributed by atoms with Gasteiger partial charge in [0.15, 0.2) is 0 Å². The van der Waals surface area contributed by atoms with Crippen LogP contribution in [-0.2, 0) is 0 Å². The summed E-state index contributed by atoms with van der Waals surface area (Å²) in [5.74, 6) is 1.52. The van der Waals surface area contributed by atoms with Crippen molar-refractivity contribution in [2.75, 3.05) is 6.67 Å². The van der Waals surface area contributed by atoms with Gasteiger partial charge in [0.05, 0.1) is 0 Å². The van der Waals surface area contributed by atoms with E-state index in [0.29, 0.717) is 12.6 Å². The van der Waals surface area contributed by atoms with Crippen molar-refractivity contribution < 1.29 is 0 Å². The molecule has 0 aromatic heterocycles. The molecular formula is C10H13N3. The molecule has 0 saturated carbocycles. The van der Waals surface area contributed by atoms with Gasteiger partial charge >= 0.3 is 0 Å². The summed E-state index contributed by atoms with van der Waals surface area (Å²) in [4.78, 5) is 10.6. The van der Waals surface area contributed by atoms with Crippen molar-refractivity contribution >= 4 is 12.4 Å². The van der Waals surface area contributed by atoms with Crippen molar-refractivity contribution in [2.24, 2.45) is 15.9 Å². The maximum absolute atomic E-state index is 4.28. The van der Waals surface area contributed by atoms with Crippen molar-refractivity contribution in [1.82, 2.24) is 4.90 Å². The van der Waals surface area contributed by atoms with Crippen molar-refractivity contribution in [3.63, 3.8) is 0 Å². The predicted octanol–water partition coefficient (Wildman–Crippen LogP) is 1.80. The Labute approximate surface area is 78.2 Å². The highest BCUT2D eigenvalue weighted by atomic mass is 15.3. The van der Waals surface area contributed by atoms with Crippen LogP contribution >= 0.6 is 0 Å². The van der Waals surface area contributed by atoms with Gasteiger partial charge in [-0.05, 0) is 18.1 Å². The van der Waals surface area contributed by atoms with Gasteiger partial charge in [0.2, 0.25) is 0 Å². The highest BCUT2D eigenvalue weighted by Gasteiger charge is 2.19. The maximum Gasteiger partial charge on any atom is 0.135 e. The zero-order chi connectivity index (χ0) is 9.26. The molecule has 0 aromatic rings. The molecule has 2 rings (SSSR count). The normalized spacial score (nSPS) is 20.1. The molecule has 0 amide bonds. The third kappa shape index (κ3) is 1.41. The highest BCUT2D eigenvalue weighted by Crippen LogP contribution is 2.24. The molecule has 0 saturated heterocycles. The van der Waals surface area contributed by atoms with Crippen LogP contribution in [0.5, 0.6) is 0 Å². The SMILES string of the molecule is CC(C)C1=CC=NC2=CC=NCN21. The highest BCUT2D eigenvalue weighted by molar-refractivity contribution is 5.78. The van der Waals surface area contributed by atoms with Crippen LogP contribution in [-0.4, -0.2) is 24.0 Å². The molecule has 0 atom stereocenters. The molecule has 2 aliphatic rings. The number of rotatable bonds is 1. The third-order valence-electron chi connectivity index (χ3n) is 2.18. The van der Waals surface area contributed by atoms with E-state index in [-0.39, 0.29) is 0 Å². The molecule has 0 bridgehead atoms. The molecule has 13 heavy (non-hydrogen) atoms. The molecule has 0 fully saturated rings. The molecule has 0 N–H and O–H groups in total. The molecule has 2 heterocycles. The minimum absolute atomic E-state index is 0.517. The summed E-state index contributed by atoms with van der Waals surface area (Å²) in [5, 5.41) is 0. The summed E-state index contributed by atoms with van der Waals surface area (Å²) in [7, 11) is 0. The summed E-state index contributed by atoms with van der Waals surface area (Å²) in [6.45, 7) is 5.06. The standard InChI is InChI=1S/C10H13N3/c1-8(2)9-3-6-12-10-4-5-11-7-13(9)10/h3-6,8H,7H2,1-2H3. The van der Waals surface area contributed by atoms with E-state index >= 15 is 0 Å². The quantitative estimate of drug-likeness (QED) is 0.597. The van der Waals surface area contributed by atoms with Crippen LogP contribution in [0.1, 0.15) is 13.8 Å². The van der Waals surface area contributed by atoms with E-state index in [4.69, 9.17) is 0 Å². The van der Waals surface area contributed by atoms with Gasteiger partial charge in [-0.3, -0.25) is 4.99 Å². The Kier molecular flexibility index (Phi) is 2.00. The number of hydrogen-bond acceptors (Lipinski definition) is 3. The first-order chi connectivity index (χ1) is 6.29. The van der Waals surface area contributed by atoms with Gasteiger partial charge in [-0.15, -0.1) is 0 Å². The maximum atomic E-state index is 4.28. The van der Waals surface area contributed by atoms with Crippen LogP contribution in [0.2, 0.25) is 0 Å². The second-order valence-corrected chi connectivity index (χ2v) is 3.45. The van der Waals surface area contributed by atoms with Gasteiger partial charge < -0.3 is 4.90 Å². The van der Waals surface area contributed by atoms with E-state index in [1.54, 1.807) is 0 Å². The van der Waals surface area contributed by atoms with Gasteiger partial charge in [0.1, 0.15) is 12.5 Å². The topological polar surface area (TPSA) is 28.0 Å². The van der Waals surface area contributed by atoms with Gasteiger partial charge in [-0.25, -0.2) is 4.99 Å². The van der Waals surface area contributed by atoms with Crippen LogP contribution in [0.15, 0.2) is 33.7 Å². The number of fused-ring (bicyclic) bond motifs is 1. The molecular weight excluding hydrogens is 162 g/mol. The molecule has 2 aliphatic heterocycles. The Hall–Kier alpha value is -1.38. The molecule has 3 heteroatoms. The number of allylic oxidation sites excluding steroid dienone is 3. The monoisotopic (exact) mass is 175 g/mol. The summed E-state index contributed by atoms with van der Waals surface area (Å²) in [6, 6.07) is 0. The Bertz CT molecular complexity index is 321. The Morgan fingerprint density at radius 1 is 1.31 bits per heavy atom. The first-order valence-corrected chi connectivity index (χ1v) is 4.51. The lowest BCUT2D eigenvalue weighted by molar-refractivity contribution is 0.385. The predicted molar refractivity (Wildman–Crippen MR) is 54.7 cm³/mol. The van der Waals surface area contributed by atoms with Gasteiger partial charge in [0.25, 0.3) is 0 Å². The molecule has 0 aromatic carbocycles. The van der Waals surface area contributed by atoms with Gasteiger partial charge in [0, 0.05) is 18.1 Å². The summed E-state index contributed by atoms with van der Waals surface area (Å²) in [6.07, 6.45) is 7.67. The molecule has 0 spiro atoms. The largest absolute Gasteiger partial charge is 0.310 e. The minimum Gasteiger partial charge on any atom is -0.310 e. The first kappa shape index (κ1) is 8.23. The number of nitrogens with zero attached hydrogens (tertiary/aromatic N) is 3. The van der Waals surface area contributed by atoms with E-state index < -0.39 is 0 Å². The van der Waals surface area contributed by atoms with Crippen molar-refractivity contribution in [3.8, 4) is 0 Å². The van der Waals surface area contributed by atoms with Crippen LogP contribution in [0.25, 0.3) is 0 Å². The summed E-state index contributed by atoms with van der Waals surface area (Å²) in [5.41, 5.74) is 1.29. The van der Waals surface area contributed by atoms with E-state index in [1.165, 1.54) is 5.70 Å². The van der Waals surface area contributed by atoms with Crippen LogP contribution in [0, 0.1) is 5.92 Å². The van der Waals surface area contributed by atoms with E-state index in [9.17, 15) is 0 Å². The first-order valence-electron chi connectivity index (χ1n) is 4.51. The van der Waals surface area contributed by atoms with Crippen molar-refractivity contribution in [1.29, 1.82) is 0 Å². The zero-order valence-electron chi connectivity index (χ0n) is 7.94. The van der Waals surface area contributed by atoms with E-state index in [2.05, 4.69) is 34.8 Å². The fraction of sp³-hybridized carbons (Fsp3) is 0.400. The third-order valence-corrected chi connectivity index (χ3v) is 2.18. The Morgan fingerprint density at radius 2 is 2.15 bits per heavy atom. The van der Waals surface area contributed by atoms with Crippen molar-refractivity contribution in [3.05, 3.63) is 23.7 Å². The van der Waals surface area contributed by atoms with Crippen LogP contribution in [0.4, 0.5) is 0 Å². The lowest BCUT2D eigenvalue weighted by atomic mass is 10.1. The summed E-state index contributed by atoms with van der Waals surface area (Å²) >= 11 is 0. The minimum atomic E-state index is 0.517. The molecule has 0 aliphatic carbocycles.